The molecule has 1 aliphatic heterocycles. The number of anilines is 1. The van der Waals surface area contributed by atoms with Gasteiger partial charge < -0.3 is 25.3 Å². The van der Waals surface area contributed by atoms with Crippen LogP contribution in [0, 0.1) is 0 Å². The summed E-state index contributed by atoms with van der Waals surface area (Å²) in [5.74, 6) is 0.524. The first-order chi connectivity index (χ1) is 11.9. The molecule has 0 aromatic carbocycles. The van der Waals surface area contributed by atoms with Crippen LogP contribution in [0.3, 0.4) is 0 Å². The Labute approximate surface area is 157 Å². The van der Waals surface area contributed by atoms with E-state index in [1.165, 1.54) is 11.1 Å². The third-order valence-electron chi connectivity index (χ3n) is 3.72. The summed E-state index contributed by atoms with van der Waals surface area (Å²) in [6.45, 7) is 3.02. The maximum absolute atomic E-state index is 12.1. The lowest BCUT2D eigenvalue weighted by atomic mass is 10.3. The van der Waals surface area contributed by atoms with Gasteiger partial charge in [0.15, 0.2) is 0 Å². The van der Waals surface area contributed by atoms with E-state index in [1.54, 1.807) is 30.0 Å². The Morgan fingerprint density at radius 2 is 1.80 bits per heavy atom. The maximum atomic E-state index is 12.1. The molecule has 8 nitrogen and oxygen atoms in total. The Bertz CT molecular complexity index is 620. The molecule has 10 heteroatoms. The molecule has 25 heavy (non-hydrogen) atoms. The summed E-state index contributed by atoms with van der Waals surface area (Å²) in [7, 11) is 3.44. The van der Waals surface area contributed by atoms with Crippen LogP contribution in [0.1, 0.15) is 0 Å². The number of piperazine rings is 1. The van der Waals surface area contributed by atoms with E-state index in [2.05, 4.69) is 15.6 Å². The van der Waals surface area contributed by atoms with Crippen molar-refractivity contribution in [1.29, 1.82) is 0 Å². The predicted molar refractivity (Wildman–Crippen MR) is 98.4 cm³/mol. The minimum atomic E-state index is -0.145. The minimum absolute atomic E-state index is 0.0309. The lowest BCUT2D eigenvalue weighted by molar-refractivity contribution is 0.129. The van der Waals surface area contributed by atoms with Crippen molar-refractivity contribution in [3.8, 4) is 0 Å². The highest BCUT2D eigenvalue weighted by Gasteiger charge is 2.24. The third kappa shape index (κ3) is 5.54. The number of pyridine rings is 1. The van der Waals surface area contributed by atoms with Crippen LogP contribution in [0.25, 0.3) is 0 Å². The zero-order chi connectivity index (χ0) is 18.4. The molecule has 4 amide bonds. The average Bonchev–Trinajstić information content (AvgIpc) is 2.59. The van der Waals surface area contributed by atoms with Crippen molar-refractivity contribution in [2.45, 2.75) is 0 Å². The van der Waals surface area contributed by atoms with Gasteiger partial charge in [0.25, 0.3) is 0 Å². The highest BCUT2D eigenvalue weighted by atomic mass is 35.5. The second-order valence-electron chi connectivity index (χ2n) is 5.79. The Balaban J connectivity index is 1.68. The van der Waals surface area contributed by atoms with Gasteiger partial charge in [-0.2, -0.15) is 0 Å². The molecule has 2 N–H and O–H groups in total. The Morgan fingerprint density at radius 1 is 1.16 bits per heavy atom. The fourth-order valence-electron chi connectivity index (χ4n) is 2.39. The van der Waals surface area contributed by atoms with Crippen molar-refractivity contribution < 1.29 is 9.59 Å². The summed E-state index contributed by atoms with van der Waals surface area (Å²) in [4.78, 5) is 33.1. The highest BCUT2D eigenvalue weighted by Crippen LogP contribution is 2.21. The number of halogens is 2. The van der Waals surface area contributed by atoms with E-state index in [0.717, 1.165) is 0 Å². The van der Waals surface area contributed by atoms with Crippen LogP contribution in [0.2, 0.25) is 10.0 Å². The van der Waals surface area contributed by atoms with E-state index in [9.17, 15) is 9.59 Å². The quantitative estimate of drug-likeness (QED) is 0.770. The summed E-state index contributed by atoms with van der Waals surface area (Å²) in [5, 5.41) is 6.77. The molecule has 0 atom stereocenters. The second kappa shape index (κ2) is 8.96. The van der Waals surface area contributed by atoms with Gasteiger partial charge in [0.1, 0.15) is 5.82 Å². The average molecular weight is 389 g/mol. The van der Waals surface area contributed by atoms with Crippen molar-refractivity contribution >= 4 is 41.1 Å². The van der Waals surface area contributed by atoms with E-state index >= 15 is 0 Å². The second-order valence-corrected chi connectivity index (χ2v) is 6.64. The van der Waals surface area contributed by atoms with E-state index in [1.807, 2.05) is 0 Å². The fourth-order valence-corrected chi connectivity index (χ4v) is 2.84. The number of amides is 4. The van der Waals surface area contributed by atoms with E-state index in [0.29, 0.717) is 55.1 Å². The zero-order valence-corrected chi connectivity index (χ0v) is 15.8. The third-order valence-corrected chi connectivity index (χ3v) is 4.22. The zero-order valence-electron chi connectivity index (χ0n) is 14.3. The topological polar surface area (TPSA) is 80.8 Å². The lowest BCUT2D eigenvalue weighted by Crippen LogP contribution is -2.55. The van der Waals surface area contributed by atoms with Crippen LogP contribution in [0.15, 0.2) is 12.3 Å². The molecular weight excluding hydrogens is 367 g/mol. The van der Waals surface area contributed by atoms with E-state index in [-0.39, 0.29) is 12.1 Å². The molecule has 1 fully saturated rings. The number of nitrogens with one attached hydrogen (secondary N) is 2. The molecule has 0 saturated carbocycles. The summed E-state index contributed by atoms with van der Waals surface area (Å²) in [5.41, 5.74) is 0. The Kier molecular flexibility index (Phi) is 6.95. The van der Waals surface area contributed by atoms with Gasteiger partial charge in [-0.15, -0.1) is 0 Å². The van der Waals surface area contributed by atoms with Crippen molar-refractivity contribution in [3.63, 3.8) is 0 Å². The SMILES string of the molecule is CN(C)C(=O)N1CCN(C(=O)NCCNc2ncc(Cl)cc2Cl)CC1. The lowest BCUT2D eigenvalue weighted by Gasteiger charge is -2.35. The van der Waals surface area contributed by atoms with Gasteiger partial charge in [-0.1, -0.05) is 23.2 Å². The molecule has 138 valence electrons. The molecule has 1 saturated heterocycles. The molecule has 0 radical (unpaired) electrons. The molecule has 2 heterocycles. The van der Waals surface area contributed by atoms with E-state index in [4.69, 9.17) is 23.2 Å². The summed E-state index contributed by atoms with van der Waals surface area (Å²) < 4.78 is 0. The van der Waals surface area contributed by atoms with Crippen LogP contribution >= 0.6 is 23.2 Å². The fraction of sp³-hybridized carbons (Fsp3) is 0.533. The number of rotatable bonds is 4. The monoisotopic (exact) mass is 388 g/mol. The molecular formula is C15H22Cl2N6O2. The number of hydrogen-bond donors (Lipinski definition) is 2. The normalized spacial score (nSPS) is 14.2. The van der Waals surface area contributed by atoms with Gasteiger partial charge in [-0.25, -0.2) is 14.6 Å². The molecule has 0 aliphatic carbocycles. The largest absolute Gasteiger partial charge is 0.367 e. The first kappa shape index (κ1) is 19.4. The Morgan fingerprint density at radius 3 is 2.40 bits per heavy atom. The smallest absolute Gasteiger partial charge is 0.319 e. The molecule has 0 spiro atoms. The van der Waals surface area contributed by atoms with Gasteiger partial charge in [-0.05, 0) is 6.07 Å². The number of carbonyl (C=O) groups is 2. The van der Waals surface area contributed by atoms with Gasteiger partial charge in [0, 0.05) is 59.6 Å². The molecule has 1 aliphatic rings. The Hall–Kier alpha value is -1.93. The van der Waals surface area contributed by atoms with E-state index < -0.39 is 0 Å². The number of carbonyl (C=O) groups excluding carboxylic acids is 2. The summed E-state index contributed by atoms with van der Waals surface area (Å²) >= 11 is 11.8. The number of hydrogen-bond acceptors (Lipinski definition) is 4. The standard InChI is InChI=1S/C15H22Cl2N6O2/c1-21(2)15(25)23-7-5-22(6-8-23)14(24)19-4-3-18-13-12(17)9-11(16)10-20-13/h9-10H,3-8H2,1-2H3,(H,18,20)(H,19,24). The maximum Gasteiger partial charge on any atom is 0.319 e. The van der Waals surface area contributed by atoms with Crippen LogP contribution in [-0.4, -0.2) is 85.1 Å². The number of urea groups is 2. The van der Waals surface area contributed by atoms with Crippen molar-refractivity contribution in [3.05, 3.63) is 22.3 Å². The molecule has 0 bridgehead atoms. The first-order valence-corrected chi connectivity index (χ1v) is 8.68. The van der Waals surface area contributed by atoms with Crippen LogP contribution in [-0.2, 0) is 0 Å². The van der Waals surface area contributed by atoms with Gasteiger partial charge >= 0.3 is 12.1 Å². The summed E-state index contributed by atoms with van der Waals surface area (Å²) in [6.07, 6.45) is 1.50. The summed E-state index contributed by atoms with van der Waals surface area (Å²) in [6, 6.07) is 1.43. The van der Waals surface area contributed by atoms with Crippen molar-refractivity contribution in [2.24, 2.45) is 0 Å². The van der Waals surface area contributed by atoms with Gasteiger partial charge in [0.2, 0.25) is 0 Å². The van der Waals surface area contributed by atoms with Crippen LogP contribution in [0.5, 0.6) is 0 Å². The van der Waals surface area contributed by atoms with Crippen molar-refractivity contribution in [2.75, 3.05) is 58.7 Å². The minimum Gasteiger partial charge on any atom is -0.367 e. The highest BCUT2D eigenvalue weighted by molar-refractivity contribution is 6.35. The molecule has 2 rings (SSSR count). The van der Waals surface area contributed by atoms with Crippen molar-refractivity contribution in [1.82, 2.24) is 25.0 Å². The number of nitrogens with zero attached hydrogens (tertiary/aromatic N) is 4. The van der Waals surface area contributed by atoms with Crippen LogP contribution in [0.4, 0.5) is 15.4 Å². The first-order valence-electron chi connectivity index (χ1n) is 7.92. The molecule has 1 aromatic rings. The van der Waals surface area contributed by atoms with Gasteiger partial charge in [0.05, 0.1) is 10.0 Å². The molecule has 1 aromatic heterocycles. The molecule has 0 unspecified atom stereocenters. The van der Waals surface area contributed by atoms with Gasteiger partial charge in [-0.3, -0.25) is 0 Å². The number of aromatic nitrogens is 1. The predicted octanol–water partition coefficient (Wildman–Crippen LogP) is 1.81. The van der Waals surface area contributed by atoms with Crippen LogP contribution < -0.4 is 10.6 Å².